The molecule has 1 aliphatic heterocycles. The van der Waals surface area contributed by atoms with E-state index in [0.717, 1.165) is 32.4 Å². The van der Waals surface area contributed by atoms with Crippen molar-refractivity contribution >= 4 is 6.03 Å². The highest BCUT2D eigenvalue weighted by Crippen LogP contribution is 2.47. The summed E-state index contributed by atoms with van der Waals surface area (Å²) in [6.07, 6.45) is 7.25. The van der Waals surface area contributed by atoms with Crippen molar-refractivity contribution in [1.29, 1.82) is 0 Å². The Bertz CT molecular complexity index is 301. The lowest BCUT2D eigenvalue weighted by Gasteiger charge is -2.27. The van der Waals surface area contributed by atoms with E-state index in [-0.39, 0.29) is 11.6 Å². The van der Waals surface area contributed by atoms with Gasteiger partial charge in [0.25, 0.3) is 0 Å². The zero-order valence-corrected chi connectivity index (χ0v) is 9.74. The Hall–Kier alpha value is -0.770. The fraction of sp³-hybridized carbons (Fsp3) is 0.917. The summed E-state index contributed by atoms with van der Waals surface area (Å²) >= 11 is 0. The minimum Gasteiger partial charge on any atom is -0.335 e. The molecule has 3 aliphatic rings. The number of nitrogens with zero attached hydrogens (tertiary/aromatic N) is 1. The summed E-state index contributed by atoms with van der Waals surface area (Å²) in [5, 5.41) is 3.15. The van der Waals surface area contributed by atoms with Crippen LogP contribution < -0.4 is 11.1 Å². The highest BCUT2D eigenvalue weighted by Gasteiger charge is 2.58. The van der Waals surface area contributed by atoms with Gasteiger partial charge in [-0.15, -0.1) is 0 Å². The third-order valence-corrected chi connectivity index (χ3v) is 4.43. The number of likely N-dealkylation sites (tertiary alicyclic amines) is 1. The Kier molecular flexibility index (Phi) is 2.35. The molecule has 4 nitrogen and oxygen atoms in total. The Morgan fingerprint density at radius 2 is 2.06 bits per heavy atom. The van der Waals surface area contributed by atoms with Crippen molar-refractivity contribution in [3.05, 3.63) is 0 Å². The van der Waals surface area contributed by atoms with Crippen LogP contribution in [0, 0.1) is 5.92 Å². The smallest absolute Gasteiger partial charge is 0.317 e. The van der Waals surface area contributed by atoms with E-state index in [1.54, 1.807) is 0 Å². The summed E-state index contributed by atoms with van der Waals surface area (Å²) in [6.45, 7) is 1.63. The van der Waals surface area contributed by atoms with E-state index in [9.17, 15) is 4.79 Å². The fourth-order valence-electron chi connectivity index (χ4n) is 3.19. The molecule has 2 saturated carbocycles. The molecule has 0 unspecified atom stereocenters. The van der Waals surface area contributed by atoms with Crippen molar-refractivity contribution in [2.75, 3.05) is 13.1 Å². The molecule has 1 heterocycles. The van der Waals surface area contributed by atoms with Crippen molar-refractivity contribution in [3.63, 3.8) is 0 Å². The van der Waals surface area contributed by atoms with Crippen molar-refractivity contribution in [2.24, 2.45) is 11.7 Å². The molecule has 2 amide bonds. The van der Waals surface area contributed by atoms with Crippen LogP contribution in [0.1, 0.15) is 38.5 Å². The van der Waals surface area contributed by atoms with Gasteiger partial charge in [-0.1, -0.05) is 19.3 Å². The predicted molar refractivity (Wildman–Crippen MR) is 62.0 cm³/mol. The molecule has 3 fully saturated rings. The van der Waals surface area contributed by atoms with Crippen LogP contribution in [0.5, 0.6) is 0 Å². The van der Waals surface area contributed by atoms with Gasteiger partial charge in [0.15, 0.2) is 0 Å². The number of carbonyl (C=O) groups excluding carboxylic acids is 1. The Labute approximate surface area is 96.5 Å². The molecule has 0 spiro atoms. The molecule has 0 radical (unpaired) electrons. The van der Waals surface area contributed by atoms with Crippen LogP contribution in [-0.2, 0) is 0 Å². The molecule has 2 atom stereocenters. The Balaban J connectivity index is 1.50. The minimum atomic E-state index is -0.0239. The number of hydrogen-bond donors (Lipinski definition) is 2. The summed E-state index contributed by atoms with van der Waals surface area (Å²) in [5.41, 5.74) is 6.07. The molecule has 90 valence electrons. The van der Waals surface area contributed by atoms with E-state index in [0.29, 0.717) is 12.0 Å². The summed E-state index contributed by atoms with van der Waals surface area (Å²) in [4.78, 5) is 13.9. The van der Waals surface area contributed by atoms with Crippen molar-refractivity contribution in [2.45, 2.75) is 50.1 Å². The average molecular weight is 223 g/mol. The molecule has 4 heteroatoms. The van der Waals surface area contributed by atoms with E-state index >= 15 is 0 Å². The number of nitrogens with one attached hydrogen (secondary N) is 1. The van der Waals surface area contributed by atoms with Gasteiger partial charge >= 0.3 is 6.03 Å². The lowest BCUT2D eigenvalue weighted by atomic mass is 9.96. The fourth-order valence-corrected chi connectivity index (χ4v) is 3.19. The quantitative estimate of drug-likeness (QED) is 0.698. The third-order valence-electron chi connectivity index (χ3n) is 4.43. The topological polar surface area (TPSA) is 58.4 Å². The average Bonchev–Trinajstić information content (AvgIpc) is 2.78. The number of piperidine rings is 1. The van der Waals surface area contributed by atoms with Gasteiger partial charge in [-0.05, 0) is 25.2 Å². The van der Waals surface area contributed by atoms with Gasteiger partial charge in [-0.25, -0.2) is 4.79 Å². The number of carbonyl (C=O) groups is 1. The second-order valence-corrected chi connectivity index (χ2v) is 5.80. The molecular formula is C12H21N3O. The van der Waals surface area contributed by atoms with Crippen LogP contribution in [0.3, 0.4) is 0 Å². The van der Waals surface area contributed by atoms with E-state index < -0.39 is 0 Å². The summed E-state index contributed by atoms with van der Waals surface area (Å²) in [5.74, 6) is 0.574. The highest BCUT2D eigenvalue weighted by atomic mass is 16.2. The molecule has 16 heavy (non-hydrogen) atoms. The number of fused-ring (bicyclic) bond motifs is 1. The van der Waals surface area contributed by atoms with Crippen LogP contribution in [0.15, 0.2) is 0 Å². The molecule has 2 aliphatic carbocycles. The van der Waals surface area contributed by atoms with E-state index in [1.807, 2.05) is 4.90 Å². The van der Waals surface area contributed by atoms with Crippen molar-refractivity contribution < 1.29 is 4.79 Å². The molecule has 1 saturated heterocycles. The van der Waals surface area contributed by atoms with Gasteiger partial charge in [-0.2, -0.15) is 0 Å². The lowest BCUT2D eigenvalue weighted by Crippen LogP contribution is -2.47. The minimum absolute atomic E-state index is 0.0239. The molecule has 0 bridgehead atoms. The molecule has 0 aromatic heterocycles. The van der Waals surface area contributed by atoms with Crippen molar-refractivity contribution in [3.8, 4) is 0 Å². The number of nitrogens with two attached hydrogens (primary N) is 1. The van der Waals surface area contributed by atoms with Crippen molar-refractivity contribution in [1.82, 2.24) is 10.2 Å². The molecule has 0 aromatic rings. The standard InChI is InChI=1S/C12H21N3O/c13-12-6-9(12)7-15(8-12)11(16)14-10-4-2-1-3-5-10/h9-10H,1-8,13H2,(H,14,16)/t9-,12-/m0/s1. The maximum Gasteiger partial charge on any atom is 0.317 e. The number of hydrogen-bond acceptors (Lipinski definition) is 2. The van der Waals surface area contributed by atoms with Gasteiger partial charge in [0.1, 0.15) is 0 Å². The van der Waals surface area contributed by atoms with E-state index in [1.165, 1.54) is 19.3 Å². The number of urea groups is 1. The first-order valence-electron chi connectivity index (χ1n) is 6.52. The molecule has 0 aromatic carbocycles. The maximum absolute atomic E-state index is 12.0. The van der Waals surface area contributed by atoms with Crippen LogP contribution >= 0.6 is 0 Å². The zero-order chi connectivity index (χ0) is 11.2. The summed E-state index contributed by atoms with van der Waals surface area (Å²) in [7, 11) is 0. The SMILES string of the molecule is N[C@]12C[C@H]1CN(C(=O)NC1CCCCC1)C2. The lowest BCUT2D eigenvalue weighted by molar-refractivity contribution is 0.194. The van der Waals surface area contributed by atoms with Gasteiger partial charge in [0, 0.05) is 24.7 Å². The largest absolute Gasteiger partial charge is 0.335 e. The molecule has 3 rings (SSSR count). The number of rotatable bonds is 1. The van der Waals surface area contributed by atoms with E-state index in [4.69, 9.17) is 5.73 Å². The first kappa shape index (κ1) is 10.4. The summed E-state index contributed by atoms with van der Waals surface area (Å²) in [6, 6.07) is 0.524. The van der Waals surface area contributed by atoms with Gasteiger partial charge in [-0.3, -0.25) is 0 Å². The Morgan fingerprint density at radius 1 is 1.31 bits per heavy atom. The van der Waals surface area contributed by atoms with Gasteiger partial charge in [0.05, 0.1) is 0 Å². The first-order chi connectivity index (χ1) is 7.67. The second kappa shape index (κ2) is 3.62. The third kappa shape index (κ3) is 1.79. The zero-order valence-electron chi connectivity index (χ0n) is 9.74. The predicted octanol–water partition coefficient (Wildman–Crippen LogP) is 1.06. The highest BCUT2D eigenvalue weighted by molar-refractivity contribution is 5.75. The van der Waals surface area contributed by atoms with Crippen LogP contribution in [-0.4, -0.2) is 35.6 Å². The normalized spacial score (nSPS) is 38.3. The first-order valence-corrected chi connectivity index (χ1v) is 6.52. The molecule has 3 N–H and O–H groups in total. The summed E-state index contributed by atoms with van der Waals surface area (Å²) < 4.78 is 0. The van der Waals surface area contributed by atoms with E-state index in [2.05, 4.69) is 5.32 Å². The molecular weight excluding hydrogens is 202 g/mol. The second-order valence-electron chi connectivity index (χ2n) is 5.80. The monoisotopic (exact) mass is 223 g/mol. The Morgan fingerprint density at radius 3 is 2.69 bits per heavy atom. The number of amides is 2. The maximum atomic E-state index is 12.0. The van der Waals surface area contributed by atoms with Gasteiger partial charge < -0.3 is 16.0 Å². The van der Waals surface area contributed by atoms with Gasteiger partial charge in [0.2, 0.25) is 0 Å². The van der Waals surface area contributed by atoms with Crippen LogP contribution in [0.2, 0.25) is 0 Å². The van der Waals surface area contributed by atoms with Crippen LogP contribution in [0.25, 0.3) is 0 Å². The van der Waals surface area contributed by atoms with Crippen LogP contribution in [0.4, 0.5) is 4.79 Å².